The second-order valence-electron chi connectivity index (χ2n) is 10.4. The van der Waals surface area contributed by atoms with Crippen LogP contribution in [0.25, 0.3) is 0 Å². The number of hydrogen-bond acceptors (Lipinski definition) is 3. The zero-order chi connectivity index (χ0) is 25.8. The summed E-state index contributed by atoms with van der Waals surface area (Å²) in [5, 5.41) is 9.03. The zero-order valence-electron chi connectivity index (χ0n) is 23.2. The van der Waals surface area contributed by atoms with Crippen molar-refractivity contribution in [3.05, 3.63) is 12.7 Å². The van der Waals surface area contributed by atoms with Gasteiger partial charge in [-0.1, -0.05) is 135 Å². The van der Waals surface area contributed by atoms with Gasteiger partial charge in [0.25, 0.3) is 0 Å². The quantitative estimate of drug-likeness (QED) is 0.0667. The fourth-order valence-corrected chi connectivity index (χ4v) is 4.70. The highest BCUT2D eigenvalue weighted by Gasteiger charge is 2.22. The number of carbonyl (C=O) groups is 2. The molecule has 0 radical (unpaired) electrons. The van der Waals surface area contributed by atoms with Gasteiger partial charge in [0.1, 0.15) is 0 Å². The van der Waals surface area contributed by atoms with E-state index in [2.05, 4.69) is 6.58 Å². The van der Waals surface area contributed by atoms with E-state index in [1.54, 1.807) is 0 Å². The molecule has 0 spiro atoms. The third-order valence-electron chi connectivity index (χ3n) is 6.91. The first kappa shape index (κ1) is 33.7. The number of ether oxygens (including phenoxy) is 1. The van der Waals surface area contributed by atoms with Crippen LogP contribution < -0.4 is 0 Å². The number of carbonyl (C=O) groups excluding carboxylic acids is 1. The van der Waals surface area contributed by atoms with E-state index >= 15 is 0 Å². The van der Waals surface area contributed by atoms with Gasteiger partial charge >= 0.3 is 11.9 Å². The molecule has 4 nitrogen and oxygen atoms in total. The minimum Gasteiger partial charge on any atom is -0.481 e. The van der Waals surface area contributed by atoms with Gasteiger partial charge in [0, 0.05) is 0 Å². The molecule has 0 saturated heterocycles. The molecule has 0 aromatic heterocycles. The van der Waals surface area contributed by atoms with Crippen molar-refractivity contribution in [3.8, 4) is 0 Å². The first-order valence-corrected chi connectivity index (χ1v) is 15.1. The van der Waals surface area contributed by atoms with Gasteiger partial charge in [0.15, 0.2) is 0 Å². The second-order valence-corrected chi connectivity index (χ2v) is 10.4. The Hall–Kier alpha value is -1.32. The van der Waals surface area contributed by atoms with Crippen LogP contribution in [0.4, 0.5) is 0 Å². The lowest BCUT2D eigenvalue weighted by Crippen LogP contribution is -2.21. The van der Waals surface area contributed by atoms with Crippen LogP contribution in [0.1, 0.15) is 161 Å². The SMILES string of the molecule is C=CCCCCCCCCCCCCCCCCCCCCCCC(CC(=O)O)C(=O)OCCC. The van der Waals surface area contributed by atoms with E-state index in [0.29, 0.717) is 13.0 Å². The Labute approximate surface area is 217 Å². The second kappa shape index (κ2) is 27.3. The Kier molecular flexibility index (Phi) is 26.2. The average molecular weight is 495 g/mol. The third kappa shape index (κ3) is 25.6. The van der Waals surface area contributed by atoms with E-state index in [1.165, 1.54) is 122 Å². The zero-order valence-corrected chi connectivity index (χ0v) is 23.2. The molecule has 0 bridgehead atoms. The summed E-state index contributed by atoms with van der Waals surface area (Å²) in [5.74, 6) is -1.74. The normalized spacial score (nSPS) is 11.9. The Balaban J connectivity index is 3.35. The van der Waals surface area contributed by atoms with Gasteiger partial charge in [-0.3, -0.25) is 9.59 Å². The van der Waals surface area contributed by atoms with Crippen LogP contribution in [0.2, 0.25) is 0 Å². The van der Waals surface area contributed by atoms with E-state index in [1.807, 2.05) is 13.0 Å². The Morgan fingerprint density at radius 2 is 1.06 bits per heavy atom. The number of carboxylic acid groups (broad SMARTS) is 1. The van der Waals surface area contributed by atoms with Gasteiger partial charge in [0.05, 0.1) is 18.9 Å². The maximum Gasteiger partial charge on any atom is 0.309 e. The fraction of sp³-hybridized carbons (Fsp3) is 0.871. The van der Waals surface area contributed by atoms with E-state index in [9.17, 15) is 9.59 Å². The van der Waals surface area contributed by atoms with Crippen LogP contribution in [-0.2, 0) is 14.3 Å². The van der Waals surface area contributed by atoms with Crippen molar-refractivity contribution < 1.29 is 19.4 Å². The number of rotatable bonds is 28. The standard InChI is InChI=1S/C31H58O4/c1-3-5-6-7-8-9-10-11-12-13-14-15-16-17-18-19-20-21-22-23-24-25-26-29(28-30(32)33)31(34)35-27-4-2/h3,29H,1,4-28H2,2H3,(H,32,33). The molecule has 0 saturated carbocycles. The molecule has 0 aromatic carbocycles. The molecule has 4 heteroatoms. The van der Waals surface area contributed by atoms with Gasteiger partial charge in [-0.25, -0.2) is 0 Å². The van der Waals surface area contributed by atoms with Crippen molar-refractivity contribution in [1.29, 1.82) is 0 Å². The van der Waals surface area contributed by atoms with Gasteiger partial charge < -0.3 is 9.84 Å². The Morgan fingerprint density at radius 1 is 0.686 bits per heavy atom. The van der Waals surface area contributed by atoms with Gasteiger partial charge in [-0.2, -0.15) is 0 Å². The van der Waals surface area contributed by atoms with Crippen LogP contribution in [-0.4, -0.2) is 23.7 Å². The summed E-state index contributed by atoms with van der Waals surface area (Å²) >= 11 is 0. The molecule has 0 aliphatic rings. The monoisotopic (exact) mass is 494 g/mol. The first-order valence-electron chi connectivity index (χ1n) is 15.1. The minimum atomic E-state index is -0.917. The highest BCUT2D eigenvalue weighted by molar-refractivity contribution is 5.79. The third-order valence-corrected chi connectivity index (χ3v) is 6.91. The molecule has 0 fully saturated rings. The maximum atomic E-state index is 12.0. The molecule has 0 aliphatic carbocycles. The van der Waals surface area contributed by atoms with E-state index in [-0.39, 0.29) is 12.4 Å². The molecule has 206 valence electrons. The van der Waals surface area contributed by atoms with E-state index in [0.717, 1.165) is 19.3 Å². The molecule has 0 aromatic rings. The smallest absolute Gasteiger partial charge is 0.309 e. The summed E-state index contributed by atoms with van der Waals surface area (Å²) in [6.45, 7) is 6.10. The summed E-state index contributed by atoms with van der Waals surface area (Å²) in [7, 11) is 0. The largest absolute Gasteiger partial charge is 0.481 e. The highest BCUT2D eigenvalue weighted by atomic mass is 16.5. The average Bonchev–Trinajstić information content (AvgIpc) is 2.84. The number of unbranched alkanes of at least 4 members (excludes halogenated alkanes) is 20. The van der Waals surface area contributed by atoms with Crippen molar-refractivity contribution in [1.82, 2.24) is 0 Å². The topological polar surface area (TPSA) is 63.6 Å². The number of esters is 1. The lowest BCUT2D eigenvalue weighted by Gasteiger charge is -2.13. The van der Waals surface area contributed by atoms with E-state index in [4.69, 9.17) is 9.84 Å². The number of allylic oxidation sites excluding steroid dienone is 1. The lowest BCUT2D eigenvalue weighted by molar-refractivity contribution is -0.153. The molecule has 0 amide bonds. The summed E-state index contributed by atoms with van der Waals surface area (Å²) in [5.41, 5.74) is 0. The Bertz CT molecular complexity index is 488. The molecule has 1 atom stereocenters. The van der Waals surface area contributed by atoms with Crippen molar-refractivity contribution in [2.24, 2.45) is 5.92 Å². The van der Waals surface area contributed by atoms with Crippen molar-refractivity contribution in [2.75, 3.05) is 6.61 Å². The van der Waals surface area contributed by atoms with E-state index < -0.39 is 11.9 Å². The molecular weight excluding hydrogens is 436 g/mol. The van der Waals surface area contributed by atoms with Crippen molar-refractivity contribution in [2.45, 2.75) is 161 Å². The summed E-state index contributed by atoms with van der Waals surface area (Å²) in [6.07, 6.45) is 31.1. The van der Waals surface area contributed by atoms with Crippen LogP contribution in [0.5, 0.6) is 0 Å². The summed E-state index contributed by atoms with van der Waals surface area (Å²) in [4.78, 5) is 23.0. The number of carboxylic acids is 1. The summed E-state index contributed by atoms with van der Waals surface area (Å²) < 4.78 is 5.15. The summed E-state index contributed by atoms with van der Waals surface area (Å²) in [6, 6.07) is 0. The molecule has 0 rings (SSSR count). The molecule has 1 N–H and O–H groups in total. The predicted molar refractivity (Wildman–Crippen MR) is 149 cm³/mol. The maximum absolute atomic E-state index is 12.0. The highest BCUT2D eigenvalue weighted by Crippen LogP contribution is 2.18. The molecular formula is C31H58O4. The first-order chi connectivity index (χ1) is 17.1. The van der Waals surface area contributed by atoms with Crippen LogP contribution in [0, 0.1) is 5.92 Å². The van der Waals surface area contributed by atoms with Gasteiger partial charge in [0.2, 0.25) is 0 Å². The lowest BCUT2D eigenvalue weighted by atomic mass is 9.97. The van der Waals surface area contributed by atoms with Gasteiger partial charge in [-0.15, -0.1) is 6.58 Å². The fourth-order valence-electron chi connectivity index (χ4n) is 4.70. The number of hydrogen-bond donors (Lipinski definition) is 1. The van der Waals surface area contributed by atoms with Crippen molar-refractivity contribution >= 4 is 11.9 Å². The molecule has 0 heterocycles. The minimum absolute atomic E-state index is 0.112. The number of aliphatic carboxylic acids is 1. The van der Waals surface area contributed by atoms with Crippen molar-refractivity contribution in [3.63, 3.8) is 0 Å². The Morgan fingerprint density at radius 3 is 1.40 bits per heavy atom. The molecule has 35 heavy (non-hydrogen) atoms. The molecule has 1 unspecified atom stereocenters. The van der Waals surface area contributed by atoms with Crippen LogP contribution in [0.3, 0.4) is 0 Å². The molecule has 0 aliphatic heterocycles. The van der Waals surface area contributed by atoms with Gasteiger partial charge in [-0.05, 0) is 25.7 Å². The predicted octanol–water partition coefficient (Wildman–Crippen LogP) is 9.80. The van der Waals surface area contributed by atoms with Crippen LogP contribution in [0.15, 0.2) is 12.7 Å². The van der Waals surface area contributed by atoms with Crippen LogP contribution >= 0.6 is 0 Å².